The Morgan fingerprint density at radius 3 is 2.37 bits per heavy atom. The van der Waals surface area contributed by atoms with Crippen molar-refractivity contribution in [3.05, 3.63) is 13.8 Å². The Balaban J connectivity index is 2.28. The summed E-state index contributed by atoms with van der Waals surface area (Å²) in [5, 5.41) is 2.81. The highest BCUT2D eigenvalue weighted by atomic mass is 16.6. The van der Waals surface area contributed by atoms with E-state index in [2.05, 4.69) is 31.0 Å². The Morgan fingerprint density at radius 2 is 1.74 bits per heavy atom. The minimum Gasteiger partial charge on any atom is -0.462 e. The first kappa shape index (κ1) is 23.7. The maximum Gasteiger partial charge on any atom is 0.407 e. The molecule has 1 saturated heterocycles. The van der Waals surface area contributed by atoms with Crippen LogP contribution in [0.3, 0.4) is 0 Å². The second-order valence-corrected chi connectivity index (χ2v) is 7.36. The summed E-state index contributed by atoms with van der Waals surface area (Å²) in [4.78, 5) is 26.1. The quantitative estimate of drug-likeness (QED) is 0.344. The molecule has 1 fully saturated rings. The van der Waals surface area contributed by atoms with Gasteiger partial charge < -0.3 is 19.7 Å². The van der Waals surface area contributed by atoms with Gasteiger partial charge in [0.1, 0.15) is 12.2 Å². The Kier molecular flexibility index (Phi) is 12.9. The van der Waals surface area contributed by atoms with Crippen LogP contribution in [-0.4, -0.2) is 55.3 Å². The molecule has 1 rings (SSSR count). The van der Waals surface area contributed by atoms with Gasteiger partial charge in [-0.1, -0.05) is 39.0 Å². The van der Waals surface area contributed by atoms with Gasteiger partial charge in [0.15, 0.2) is 0 Å². The predicted octanol–water partition coefficient (Wildman–Crippen LogP) is 3.90. The molecule has 156 valence electrons. The molecular formula is C21H38N2O4. The summed E-state index contributed by atoms with van der Waals surface area (Å²) < 4.78 is 10.5. The lowest BCUT2D eigenvalue weighted by atomic mass is 10.0. The molecular weight excluding hydrogens is 344 g/mol. The third-order valence-electron chi connectivity index (χ3n) is 4.77. The van der Waals surface area contributed by atoms with Crippen LogP contribution in [0.2, 0.25) is 0 Å². The zero-order valence-corrected chi connectivity index (χ0v) is 17.0. The summed E-state index contributed by atoms with van der Waals surface area (Å²) in [6.45, 7) is 13.0. The van der Waals surface area contributed by atoms with Crippen molar-refractivity contribution in [1.29, 1.82) is 0 Å². The maximum atomic E-state index is 12.0. The number of rotatable bonds is 15. The normalized spacial score (nSPS) is 15.3. The smallest absolute Gasteiger partial charge is 0.407 e. The molecule has 0 aliphatic carbocycles. The van der Waals surface area contributed by atoms with Crippen molar-refractivity contribution >= 4 is 12.1 Å². The van der Waals surface area contributed by atoms with Crippen LogP contribution < -0.4 is 5.32 Å². The molecule has 6 nitrogen and oxygen atoms in total. The van der Waals surface area contributed by atoms with Crippen molar-refractivity contribution in [3.8, 4) is 0 Å². The van der Waals surface area contributed by atoms with Crippen LogP contribution in [0, 0.1) is 13.8 Å². The standard InChI is InChI=1S/C21H38N2O4/c1-4-5-6-7-8-9-11-19(12-13-20(24)26-18(2)3)27-21(25)22-14-17-23-15-10-16-23/h18-19H,2-17H2,1H3,(H,22,25). The number of nitrogens with one attached hydrogen (secondary N) is 1. The number of amides is 1. The summed E-state index contributed by atoms with van der Waals surface area (Å²) in [7, 11) is 0. The lowest BCUT2D eigenvalue weighted by Crippen LogP contribution is -2.43. The highest BCUT2D eigenvalue weighted by Gasteiger charge is 2.18. The number of nitrogens with zero attached hydrogens (tertiary/aromatic N) is 1. The monoisotopic (exact) mass is 382 g/mol. The molecule has 0 bridgehead atoms. The molecule has 0 aromatic carbocycles. The van der Waals surface area contributed by atoms with Crippen LogP contribution in [-0.2, 0) is 14.3 Å². The third kappa shape index (κ3) is 12.7. The van der Waals surface area contributed by atoms with Gasteiger partial charge in [0, 0.05) is 19.5 Å². The highest BCUT2D eigenvalue weighted by molar-refractivity contribution is 5.70. The van der Waals surface area contributed by atoms with Gasteiger partial charge in [-0.3, -0.25) is 4.79 Å². The molecule has 1 unspecified atom stereocenters. The third-order valence-corrected chi connectivity index (χ3v) is 4.77. The van der Waals surface area contributed by atoms with E-state index < -0.39 is 12.2 Å². The summed E-state index contributed by atoms with van der Waals surface area (Å²) in [6.07, 6.45) is 8.50. The van der Waals surface area contributed by atoms with E-state index in [0.717, 1.165) is 38.9 Å². The maximum absolute atomic E-state index is 12.0. The molecule has 1 heterocycles. The number of hydrogen-bond acceptors (Lipinski definition) is 5. The van der Waals surface area contributed by atoms with Crippen molar-refractivity contribution < 1.29 is 19.1 Å². The van der Waals surface area contributed by atoms with Crippen LogP contribution in [0.4, 0.5) is 4.79 Å². The van der Waals surface area contributed by atoms with Crippen LogP contribution in [0.1, 0.15) is 71.1 Å². The van der Waals surface area contributed by atoms with Crippen molar-refractivity contribution in [1.82, 2.24) is 10.2 Å². The number of unbranched alkanes of at least 4 members (excludes halogenated alkanes) is 5. The summed E-state index contributed by atoms with van der Waals surface area (Å²) in [5.74, 6) is -0.347. The number of likely N-dealkylation sites (tertiary alicyclic amines) is 1. The van der Waals surface area contributed by atoms with Gasteiger partial charge in [0.05, 0.1) is 0 Å². The zero-order valence-electron chi connectivity index (χ0n) is 17.0. The van der Waals surface area contributed by atoms with E-state index in [0.29, 0.717) is 13.0 Å². The van der Waals surface area contributed by atoms with Gasteiger partial charge in [-0.15, -0.1) is 0 Å². The van der Waals surface area contributed by atoms with E-state index in [1.807, 2.05) is 0 Å². The topological polar surface area (TPSA) is 67.9 Å². The van der Waals surface area contributed by atoms with E-state index in [9.17, 15) is 9.59 Å². The summed E-state index contributed by atoms with van der Waals surface area (Å²) >= 11 is 0. The van der Waals surface area contributed by atoms with E-state index in [4.69, 9.17) is 9.47 Å². The Hall–Kier alpha value is -1.30. The number of carbonyl (C=O) groups excluding carboxylic acids is 2. The first-order valence-electron chi connectivity index (χ1n) is 10.5. The van der Waals surface area contributed by atoms with E-state index >= 15 is 0 Å². The predicted molar refractivity (Wildman–Crippen MR) is 107 cm³/mol. The molecule has 2 radical (unpaired) electrons. The average Bonchev–Trinajstić information content (AvgIpc) is 2.57. The minimum absolute atomic E-state index is 0.211. The number of esters is 1. The Labute approximate surface area is 165 Å². The van der Waals surface area contributed by atoms with Crippen molar-refractivity contribution in [2.45, 2.75) is 83.3 Å². The lowest BCUT2D eigenvalue weighted by molar-refractivity contribution is -0.146. The highest BCUT2D eigenvalue weighted by Crippen LogP contribution is 2.15. The molecule has 1 amide bonds. The number of carbonyl (C=O) groups is 2. The molecule has 1 N–H and O–H groups in total. The molecule has 1 atom stereocenters. The van der Waals surface area contributed by atoms with Gasteiger partial charge in [-0.2, -0.15) is 0 Å². The van der Waals surface area contributed by atoms with Crippen LogP contribution in [0.15, 0.2) is 0 Å². The summed E-state index contributed by atoms with van der Waals surface area (Å²) in [5.41, 5.74) is 0. The van der Waals surface area contributed by atoms with Gasteiger partial charge in [-0.05, 0) is 52.6 Å². The van der Waals surface area contributed by atoms with Gasteiger partial charge in [0.2, 0.25) is 0 Å². The van der Waals surface area contributed by atoms with Crippen LogP contribution in [0.25, 0.3) is 0 Å². The fourth-order valence-corrected chi connectivity index (χ4v) is 3.05. The molecule has 0 aromatic heterocycles. The first-order chi connectivity index (χ1) is 13.0. The molecule has 27 heavy (non-hydrogen) atoms. The number of alkyl carbamates (subject to hydrolysis) is 1. The molecule has 1 aliphatic rings. The SMILES string of the molecule is [CH2]C([CH2])OC(=O)CCC(CCCCCCCC)OC(=O)NCCN1CCC1. The summed E-state index contributed by atoms with van der Waals surface area (Å²) in [6, 6.07) is 0. The van der Waals surface area contributed by atoms with E-state index in [1.54, 1.807) is 0 Å². The second-order valence-electron chi connectivity index (χ2n) is 7.36. The fraction of sp³-hybridized carbons (Fsp3) is 0.810. The molecule has 6 heteroatoms. The molecule has 1 aliphatic heterocycles. The minimum atomic E-state index is -0.611. The first-order valence-corrected chi connectivity index (χ1v) is 10.5. The molecule has 0 saturated carbocycles. The number of ether oxygens (including phenoxy) is 2. The lowest BCUT2D eigenvalue weighted by Gasteiger charge is -2.30. The second kappa shape index (κ2) is 14.7. The van der Waals surface area contributed by atoms with Crippen LogP contribution >= 0.6 is 0 Å². The van der Waals surface area contributed by atoms with Gasteiger partial charge in [-0.25, -0.2) is 4.79 Å². The molecule has 0 spiro atoms. The van der Waals surface area contributed by atoms with Gasteiger partial charge in [0.25, 0.3) is 0 Å². The van der Waals surface area contributed by atoms with E-state index in [-0.39, 0.29) is 18.5 Å². The molecule has 0 aromatic rings. The van der Waals surface area contributed by atoms with Crippen molar-refractivity contribution in [2.24, 2.45) is 0 Å². The fourth-order valence-electron chi connectivity index (χ4n) is 3.05. The zero-order chi connectivity index (χ0) is 19.9. The number of hydrogen-bond donors (Lipinski definition) is 1. The van der Waals surface area contributed by atoms with E-state index in [1.165, 1.54) is 32.1 Å². The Bertz CT molecular complexity index is 411. The average molecular weight is 383 g/mol. The van der Waals surface area contributed by atoms with Gasteiger partial charge >= 0.3 is 12.1 Å². The van der Waals surface area contributed by atoms with Crippen molar-refractivity contribution in [2.75, 3.05) is 26.2 Å². The largest absolute Gasteiger partial charge is 0.462 e. The van der Waals surface area contributed by atoms with Crippen molar-refractivity contribution in [3.63, 3.8) is 0 Å². The van der Waals surface area contributed by atoms with Crippen LogP contribution in [0.5, 0.6) is 0 Å². The Morgan fingerprint density at radius 1 is 1.04 bits per heavy atom.